The van der Waals surface area contributed by atoms with Gasteiger partial charge >= 0.3 is 0 Å². The van der Waals surface area contributed by atoms with Crippen LogP contribution in [0.25, 0.3) is 21.1 Å². The first-order valence-corrected chi connectivity index (χ1v) is 13.6. The zero-order valence-corrected chi connectivity index (χ0v) is 22.3. The maximum atomic E-state index is 13.8. The molecule has 0 atom stereocenters. The first-order valence-electron chi connectivity index (χ1n) is 12.8. The molecule has 0 saturated carbocycles. The average Bonchev–Trinajstić information content (AvgIpc) is 3.52. The van der Waals surface area contributed by atoms with Gasteiger partial charge in [-0.2, -0.15) is 0 Å². The number of aryl methyl sites for hydroxylation is 1. The summed E-state index contributed by atoms with van der Waals surface area (Å²) in [4.78, 5) is 38.5. The lowest BCUT2D eigenvalue weighted by atomic mass is 10.1. The molecule has 1 saturated heterocycles. The van der Waals surface area contributed by atoms with E-state index < -0.39 is 0 Å². The van der Waals surface area contributed by atoms with Gasteiger partial charge in [0.05, 0.1) is 22.5 Å². The first-order chi connectivity index (χ1) is 18.5. The van der Waals surface area contributed by atoms with Gasteiger partial charge in [-0.3, -0.25) is 9.59 Å². The summed E-state index contributed by atoms with van der Waals surface area (Å²) in [5.74, 6) is 0.783. The van der Waals surface area contributed by atoms with Gasteiger partial charge in [0, 0.05) is 49.2 Å². The number of hydrogen-bond acceptors (Lipinski definition) is 5. The van der Waals surface area contributed by atoms with Gasteiger partial charge in [0.15, 0.2) is 0 Å². The van der Waals surface area contributed by atoms with Crippen molar-refractivity contribution in [2.75, 3.05) is 38.1 Å². The minimum Gasteiger partial charge on any atom is -0.335 e. The summed E-state index contributed by atoms with van der Waals surface area (Å²) in [5.41, 5.74) is 3.31. The van der Waals surface area contributed by atoms with Crippen LogP contribution in [0.4, 0.5) is 5.69 Å². The zero-order valence-electron chi connectivity index (χ0n) is 21.5. The molecule has 0 radical (unpaired) electrons. The van der Waals surface area contributed by atoms with Crippen molar-refractivity contribution >= 4 is 50.0 Å². The van der Waals surface area contributed by atoms with E-state index in [-0.39, 0.29) is 11.8 Å². The van der Waals surface area contributed by atoms with Crippen LogP contribution in [0.15, 0.2) is 78.9 Å². The highest BCUT2D eigenvalue weighted by atomic mass is 32.1. The fourth-order valence-corrected chi connectivity index (χ4v) is 5.98. The lowest BCUT2D eigenvalue weighted by molar-refractivity contribution is 0.0669. The molecule has 0 N–H and O–H groups in total. The van der Waals surface area contributed by atoms with Gasteiger partial charge in [-0.1, -0.05) is 30.3 Å². The summed E-state index contributed by atoms with van der Waals surface area (Å²) in [6.07, 6.45) is 0. The first kappa shape index (κ1) is 24.3. The normalized spacial score (nSPS) is 14.3. The minimum atomic E-state index is -0.0963. The predicted octanol–water partition coefficient (Wildman–Crippen LogP) is 5.02. The predicted molar refractivity (Wildman–Crippen MR) is 153 cm³/mol. The van der Waals surface area contributed by atoms with Crippen LogP contribution in [0.2, 0.25) is 0 Å². The average molecular weight is 524 g/mol. The summed E-state index contributed by atoms with van der Waals surface area (Å²) in [6, 6.07) is 25.2. The molecule has 0 aliphatic carbocycles. The van der Waals surface area contributed by atoms with E-state index in [1.807, 2.05) is 95.4 Å². The van der Waals surface area contributed by atoms with Gasteiger partial charge in [-0.25, -0.2) is 4.98 Å². The Labute approximate surface area is 225 Å². The van der Waals surface area contributed by atoms with Crippen LogP contribution >= 0.6 is 11.3 Å². The summed E-state index contributed by atoms with van der Waals surface area (Å²) >= 11 is 1.51. The third-order valence-corrected chi connectivity index (χ3v) is 8.36. The number of carbonyl (C=O) groups is 2. The minimum absolute atomic E-state index is 0.0813. The molecule has 1 aliphatic heterocycles. The van der Waals surface area contributed by atoms with Crippen molar-refractivity contribution < 1.29 is 9.59 Å². The second kappa shape index (κ2) is 10.0. The SMILES string of the molecule is CN1CCN(C(=O)c2cc3cc(N(Cc4nc5ccccc5n4C)C(=O)c4ccccc4)ccc3s2)CC1. The van der Waals surface area contributed by atoms with Gasteiger partial charge in [0.1, 0.15) is 5.82 Å². The second-order valence-electron chi connectivity index (χ2n) is 9.76. The highest BCUT2D eigenvalue weighted by molar-refractivity contribution is 7.20. The molecule has 3 aromatic carbocycles. The number of imidazole rings is 1. The molecule has 7 nitrogen and oxygen atoms in total. The molecule has 1 fully saturated rings. The molecule has 8 heteroatoms. The Bertz CT molecular complexity index is 1630. The molecule has 38 heavy (non-hydrogen) atoms. The molecule has 3 heterocycles. The fourth-order valence-electron chi connectivity index (χ4n) is 4.96. The van der Waals surface area contributed by atoms with Crippen LogP contribution in [0, 0.1) is 0 Å². The standard InChI is InChI=1S/C30H29N5O2S/c1-32-14-16-34(17-15-32)30(37)27-19-22-18-23(12-13-26(22)38-27)35(29(36)21-8-4-3-5-9-21)20-28-31-24-10-6-7-11-25(24)33(28)2/h3-13,18-19H,14-17,20H2,1-2H3. The number of anilines is 1. The number of likely N-dealkylation sites (N-methyl/N-ethyl adjacent to an activating group) is 1. The van der Waals surface area contributed by atoms with Crippen LogP contribution in [0.3, 0.4) is 0 Å². The fraction of sp³-hybridized carbons (Fsp3) is 0.233. The Balaban J connectivity index is 1.36. The number of thiophene rings is 1. The van der Waals surface area contributed by atoms with Crippen molar-refractivity contribution in [1.29, 1.82) is 0 Å². The lowest BCUT2D eigenvalue weighted by Gasteiger charge is -2.32. The number of nitrogens with zero attached hydrogens (tertiary/aromatic N) is 5. The third-order valence-electron chi connectivity index (χ3n) is 7.26. The van der Waals surface area contributed by atoms with E-state index in [4.69, 9.17) is 4.98 Å². The third kappa shape index (κ3) is 4.57. The van der Waals surface area contributed by atoms with Crippen molar-refractivity contribution in [3.8, 4) is 0 Å². The Morgan fingerprint density at radius 1 is 0.895 bits per heavy atom. The van der Waals surface area contributed by atoms with Crippen molar-refractivity contribution in [3.05, 3.63) is 95.1 Å². The molecular formula is C30H29N5O2S. The quantitative estimate of drug-likeness (QED) is 0.325. The number of carbonyl (C=O) groups excluding carboxylic acids is 2. The number of benzene rings is 3. The monoisotopic (exact) mass is 523 g/mol. The number of hydrogen-bond donors (Lipinski definition) is 0. The molecule has 6 rings (SSSR count). The number of fused-ring (bicyclic) bond motifs is 2. The topological polar surface area (TPSA) is 61.7 Å². The van der Waals surface area contributed by atoms with Crippen LogP contribution < -0.4 is 4.90 Å². The van der Waals surface area contributed by atoms with E-state index in [0.717, 1.165) is 63.7 Å². The van der Waals surface area contributed by atoms with E-state index in [9.17, 15) is 9.59 Å². The highest BCUT2D eigenvalue weighted by Gasteiger charge is 2.24. The van der Waals surface area contributed by atoms with Crippen LogP contribution in [-0.4, -0.2) is 64.4 Å². The molecule has 192 valence electrons. The Kier molecular flexibility index (Phi) is 6.43. The molecule has 0 bridgehead atoms. The number of piperazine rings is 1. The van der Waals surface area contributed by atoms with E-state index >= 15 is 0 Å². The van der Waals surface area contributed by atoms with Crippen molar-refractivity contribution in [2.24, 2.45) is 7.05 Å². The van der Waals surface area contributed by atoms with Gasteiger partial charge in [0.2, 0.25) is 0 Å². The van der Waals surface area contributed by atoms with Gasteiger partial charge in [-0.05, 0) is 61.0 Å². The maximum absolute atomic E-state index is 13.8. The highest BCUT2D eigenvalue weighted by Crippen LogP contribution is 2.32. The van der Waals surface area contributed by atoms with Gasteiger partial charge in [-0.15, -0.1) is 11.3 Å². The van der Waals surface area contributed by atoms with Crippen molar-refractivity contribution in [2.45, 2.75) is 6.54 Å². The summed E-state index contributed by atoms with van der Waals surface area (Å²) in [6.45, 7) is 3.58. The van der Waals surface area contributed by atoms with Crippen LogP contribution in [0.1, 0.15) is 25.9 Å². The summed E-state index contributed by atoms with van der Waals surface area (Å²) in [5, 5.41) is 0.959. The Morgan fingerprint density at radius 3 is 2.39 bits per heavy atom. The molecule has 5 aromatic rings. The summed E-state index contributed by atoms with van der Waals surface area (Å²) in [7, 11) is 4.06. The van der Waals surface area contributed by atoms with E-state index in [2.05, 4.69) is 11.9 Å². The number of aromatic nitrogens is 2. The molecule has 2 aromatic heterocycles. The van der Waals surface area contributed by atoms with Crippen LogP contribution in [-0.2, 0) is 13.6 Å². The number of amides is 2. The molecular weight excluding hydrogens is 494 g/mol. The summed E-state index contributed by atoms with van der Waals surface area (Å²) < 4.78 is 3.07. The van der Waals surface area contributed by atoms with Crippen LogP contribution in [0.5, 0.6) is 0 Å². The molecule has 0 unspecified atom stereocenters. The van der Waals surface area contributed by atoms with Crippen molar-refractivity contribution in [3.63, 3.8) is 0 Å². The maximum Gasteiger partial charge on any atom is 0.264 e. The molecule has 1 aliphatic rings. The van der Waals surface area contributed by atoms with E-state index in [0.29, 0.717) is 12.1 Å². The Morgan fingerprint density at radius 2 is 1.63 bits per heavy atom. The van der Waals surface area contributed by atoms with Gasteiger partial charge in [0.25, 0.3) is 11.8 Å². The zero-order chi connectivity index (χ0) is 26.2. The number of para-hydroxylation sites is 2. The van der Waals surface area contributed by atoms with E-state index in [1.165, 1.54) is 11.3 Å². The molecule has 0 spiro atoms. The molecule has 2 amide bonds. The Hall–Kier alpha value is -4.01. The second-order valence-corrected chi connectivity index (χ2v) is 10.8. The number of rotatable bonds is 5. The van der Waals surface area contributed by atoms with Gasteiger partial charge < -0.3 is 19.3 Å². The van der Waals surface area contributed by atoms with E-state index in [1.54, 1.807) is 4.90 Å². The van der Waals surface area contributed by atoms with Crippen molar-refractivity contribution in [1.82, 2.24) is 19.4 Å². The lowest BCUT2D eigenvalue weighted by Crippen LogP contribution is -2.46. The largest absolute Gasteiger partial charge is 0.335 e. The smallest absolute Gasteiger partial charge is 0.264 e.